The van der Waals surface area contributed by atoms with Crippen molar-refractivity contribution in [3.63, 3.8) is 0 Å². The second-order valence-corrected chi connectivity index (χ2v) is 5.68. The molecule has 1 aromatic rings. The van der Waals surface area contributed by atoms with Gasteiger partial charge in [-0.2, -0.15) is 0 Å². The second-order valence-electron chi connectivity index (χ2n) is 5.68. The van der Waals surface area contributed by atoms with Gasteiger partial charge in [0.1, 0.15) is 12.1 Å². The fourth-order valence-corrected chi connectivity index (χ4v) is 2.63. The van der Waals surface area contributed by atoms with Crippen LogP contribution >= 0.6 is 0 Å². The maximum Gasteiger partial charge on any atom is 0.424 e. The standard InChI is InChI=1S/C16H17N3O5/c20-13(10-5-2-1-3-6-10)18-12-9-19(14(12)21)16(23)24-15(22)11-7-4-8-17-11/h1-3,5-6,11-12,17H,4,7-9H2,(H,18,20)/t11-,12-/m0/s1. The van der Waals surface area contributed by atoms with Gasteiger partial charge >= 0.3 is 12.1 Å². The van der Waals surface area contributed by atoms with Gasteiger partial charge in [0.05, 0.1) is 6.54 Å². The van der Waals surface area contributed by atoms with Gasteiger partial charge in [0.15, 0.2) is 0 Å². The van der Waals surface area contributed by atoms with Crippen molar-refractivity contribution in [2.75, 3.05) is 13.1 Å². The number of imide groups is 1. The third kappa shape index (κ3) is 3.28. The minimum Gasteiger partial charge on any atom is -0.375 e. The van der Waals surface area contributed by atoms with Crippen LogP contribution in [-0.4, -0.2) is 54.0 Å². The third-order valence-electron chi connectivity index (χ3n) is 4.02. The summed E-state index contributed by atoms with van der Waals surface area (Å²) < 4.78 is 4.70. The van der Waals surface area contributed by atoms with Crippen LogP contribution in [0.2, 0.25) is 0 Å². The molecule has 2 aliphatic rings. The molecule has 0 saturated carbocycles. The molecule has 1 aromatic carbocycles. The van der Waals surface area contributed by atoms with Gasteiger partial charge in [-0.05, 0) is 31.5 Å². The predicted molar refractivity (Wildman–Crippen MR) is 81.9 cm³/mol. The highest BCUT2D eigenvalue weighted by atomic mass is 16.6. The molecule has 2 fully saturated rings. The Kier molecular flexibility index (Phi) is 4.57. The lowest BCUT2D eigenvalue weighted by Crippen LogP contribution is -2.65. The van der Waals surface area contributed by atoms with Gasteiger partial charge in [-0.15, -0.1) is 0 Å². The van der Waals surface area contributed by atoms with Gasteiger partial charge in [0.25, 0.3) is 11.8 Å². The van der Waals surface area contributed by atoms with E-state index in [9.17, 15) is 19.2 Å². The molecule has 2 atom stereocenters. The summed E-state index contributed by atoms with van der Waals surface area (Å²) in [6.45, 7) is 0.686. The SMILES string of the molecule is O=C(N[C@H]1CN(C(=O)OC(=O)[C@@H]2CCCN2)C1=O)c1ccccc1. The van der Waals surface area contributed by atoms with Crippen LogP contribution in [0.15, 0.2) is 30.3 Å². The Bertz CT molecular complexity index is 670. The van der Waals surface area contributed by atoms with Crippen molar-refractivity contribution in [2.24, 2.45) is 0 Å². The van der Waals surface area contributed by atoms with E-state index in [1.807, 2.05) is 0 Å². The van der Waals surface area contributed by atoms with Crippen LogP contribution in [0.25, 0.3) is 0 Å². The zero-order valence-corrected chi connectivity index (χ0v) is 12.9. The number of ether oxygens (including phenoxy) is 1. The molecular formula is C16H17N3O5. The number of amides is 3. The number of nitrogens with one attached hydrogen (secondary N) is 2. The highest BCUT2D eigenvalue weighted by Crippen LogP contribution is 2.14. The number of carbonyl (C=O) groups excluding carboxylic acids is 4. The molecule has 126 valence electrons. The van der Waals surface area contributed by atoms with Crippen molar-refractivity contribution >= 4 is 23.9 Å². The molecule has 0 aliphatic carbocycles. The summed E-state index contributed by atoms with van der Waals surface area (Å²) in [6.07, 6.45) is 0.448. The molecular weight excluding hydrogens is 314 g/mol. The Balaban J connectivity index is 1.48. The maximum absolute atomic E-state index is 12.0. The van der Waals surface area contributed by atoms with Gasteiger partial charge in [-0.3, -0.25) is 9.59 Å². The molecule has 0 unspecified atom stereocenters. The first kappa shape index (κ1) is 16.1. The van der Waals surface area contributed by atoms with Crippen LogP contribution in [-0.2, 0) is 14.3 Å². The minimum absolute atomic E-state index is 0.0123. The lowest BCUT2D eigenvalue weighted by Gasteiger charge is -2.35. The topological polar surface area (TPSA) is 105 Å². The van der Waals surface area contributed by atoms with E-state index in [4.69, 9.17) is 4.74 Å². The first-order chi connectivity index (χ1) is 11.6. The molecule has 0 aromatic heterocycles. The van der Waals surface area contributed by atoms with Crippen molar-refractivity contribution < 1.29 is 23.9 Å². The van der Waals surface area contributed by atoms with Gasteiger partial charge in [-0.1, -0.05) is 18.2 Å². The molecule has 3 rings (SSSR count). The predicted octanol–water partition coefficient (Wildman–Crippen LogP) is 0.0424. The molecule has 8 heteroatoms. The maximum atomic E-state index is 12.0. The second kappa shape index (κ2) is 6.79. The van der Waals surface area contributed by atoms with Crippen molar-refractivity contribution in [3.8, 4) is 0 Å². The van der Waals surface area contributed by atoms with Crippen LogP contribution in [0.3, 0.4) is 0 Å². The molecule has 2 aliphatic heterocycles. The quantitative estimate of drug-likeness (QED) is 0.460. The first-order valence-electron chi connectivity index (χ1n) is 7.72. The lowest BCUT2D eigenvalue weighted by molar-refractivity contribution is -0.146. The van der Waals surface area contributed by atoms with E-state index in [1.165, 1.54) is 0 Å². The summed E-state index contributed by atoms with van der Waals surface area (Å²) in [7, 11) is 0. The smallest absolute Gasteiger partial charge is 0.375 e. The molecule has 0 radical (unpaired) electrons. The summed E-state index contributed by atoms with van der Waals surface area (Å²) in [5.74, 6) is -1.66. The number of esters is 1. The van der Waals surface area contributed by atoms with Gasteiger partial charge < -0.3 is 15.4 Å². The van der Waals surface area contributed by atoms with Crippen molar-refractivity contribution in [2.45, 2.75) is 24.9 Å². The Morgan fingerprint density at radius 1 is 1.21 bits per heavy atom. The zero-order chi connectivity index (χ0) is 17.1. The van der Waals surface area contributed by atoms with Crippen molar-refractivity contribution in [3.05, 3.63) is 35.9 Å². The number of rotatable bonds is 3. The van der Waals surface area contributed by atoms with Crippen molar-refractivity contribution in [1.82, 2.24) is 15.5 Å². The number of β-lactam (4-membered cyclic amide) rings is 1. The summed E-state index contributed by atoms with van der Waals surface area (Å²) >= 11 is 0. The summed E-state index contributed by atoms with van der Waals surface area (Å²) in [4.78, 5) is 48.3. The van der Waals surface area contributed by atoms with Crippen LogP contribution in [0.1, 0.15) is 23.2 Å². The number of benzene rings is 1. The zero-order valence-electron chi connectivity index (χ0n) is 12.9. The van der Waals surface area contributed by atoms with Crippen LogP contribution < -0.4 is 10.6 Å². The van der Waals surface area contributed by atoms with E-state index < -0.39 is 36.0 Å². The normalized spacial score (nSPS) is 22.7. The molecule has 3 amide bonds. The van der Waals surface area contributed by atoms with Crippen molar-refractivity contribution in [1.29, 1.82) is 0 Å². The van der Waals surface area contributed by atoms with E-state index >= 15 is 0 Å². The Morgan fingerprint density at radius 3 is 2.58 bits per heavy atom. The van der Waals surface area contributed by atoms with Crippen LogP contribution in [0.4, 0.5) is 4.79 Å². The molecule has 0 bridgehead atoms. The van der Waals surface area contributed by atoms with Gasteiger partial charge in [0, 0.05) is 5.56 Å². The summed E-state index contributed by atoms with van der Waals surface area (Å²) in [5.41, 5.74) is 0.425. The Hall–Kier alpha value is -2.74. The molecule has 2 heterocycles. The number of hydrogen-bond donors (Lipinski definition) is 2. The molecule has 8 nitrogen and oxygen atoms in total. The van der Waals surface area contributed by atoms with Gasteiger partial charge in [-0.25, -0.2) is 14.5 Å². The van der Waals surface area contributed by atoms with E-state index in [2.05, 4.69) is 10.6 Å². The average molecular weight is 331 g/mol. The third-order valence-corrected chi connectivity index (χ3v) is 4.02. The van der Waals surface area contributed by atoms with E-state index in [0.717, 1.165) is 11.3 Å². The van der Waals surface area contributed by atoms with Crippen LogP contribution in [0.5, 0.6) is 0 Å². The minimum atomic E-state index is -0.996. The number of nitrogens with zero attached hydrogens (tertiary/aromatic N) is 1. The summed E-state index contributed by atoms with van der Waals surface area (Å²) in [5, 5.41) is 5.45. The average Bonchev–Trinajstić information content (AvgIpc) is 3.13. The monoisotopic (exact) mass is 331 g/mol. The summed E-state index contributed by atoms with van der Waals surface area (Å²) in [6, 6.07) is 7.16. The van der Waals surface area contributed by atoms with E-state index in [0.29, 0.717) is 18.5 Å². The Morgan fingerprint density at radius 2 is 1.96 bits per heavy atom. The number of carbonyl (C=O) groups is 4. The molecule has 2 saturated heterocycles. The largest absolute Gasteiger partial charge is 0.424 e. The molecule has 0 spiro atoms. The molecule has 24 heavy (non-hydrogen) atoms. The first-order valence-corrected chi connectivity index (χ1v) is 7.72. The molecule has 2 N–H and O–H groups in total. The number of likely N-dealkylation sites (tertiary alicyclic amines) is 1. The Labute approximate surface area is 138 Å². The van der Waals surface area contributed by atoms with E-state index in [-0.39, 0.29) is 6.54 Å². The highest BCUT2D eigenvalue weighted by Gasteiger charge is 2.44. The fourth-order valence-electron chi connectivity index (χ4n) is 2.63. The highest BCUT2D eigenvalue weighted by molar-refractivity contribution is 6.06. The van der Waals surface area contributed by atoms with E-state index in [1.54, 1.807) is 30.3 Å². The van der Waals surface area contributed by atoms with Crippen LogP contribution in [0, 0.1) is 0 Å². The lowest BCUT2D eigenvalue weighted by atomic mass is 10.1. The van der Waals surface area contributed by atoms with Gasteiger partial charge in [0.2, 0.25) is 0 Å². The number of hydrogen-bond acceptors (Lipinski definition) is 6. The fraction of sp³-hybridized carbons (Fsp3) is 0.375.